The fourth-order valence-corrected chi connectivity index (χ4v) is 4.87. The number of carbonyl (C=O) groups is 2. The van der Waals surface area contributed by atoms with Crippen LogP contribution >= 0.6 is 0 Å². The van der Waals surface area contributed by atoms with E-state index in [0.717, 1.165) is 18.4 Å². The Labute approximate surface area is 194 Å². The van der Waals surface area contributed by atoms with Crippen molar-refractivity contribution in [1.29, 1.82) is 0 Å². The van der Waals surface area contributed by atoms with E-state index in [9.17, 15) is 9.59 Å². The van der Waals surface area contributed by atoms with Crippen LogP contribution in [-0.4, -0.2) is 42.6 Å². The van der Waals surface area contributed by atoms with E-state index < -0.39 is 0 Å². The number of piperidine rings is 1. The zero-order valence-corrected chi connectivity index (χ0v) is 18.8. The molecule has 0 atom stereocenters. The van der Waals surface area contributed by atoms with Crippen LogP contribution in [0.4, 0.5) is 4.79 Å². The number of benzene rings is 3. The van der Waals surface area contributed by atoms with E-state index in [1.54, 1.807) is 4.90 Å². The monoisotopic (exact) mass is 440 g/mol. The average Bonchev–Trinajstić information content (AvgIpc) is 3.17. The highest BCUT2D eigenvalue weighted by atomic mass is 16.6. The van der Waals surface area contributed by atoms with Gasteiger partial charge in [0.2, 0.25) is 0 Å². The van der Waals surface area contributed by atoms with Crippen molar-refractivity contribution in [3.05, 3.63) is 95.1 Å². The Morgan fingerprint density at radius 3 is 2.06 bits per heavy atom. The van der Waals surface area contributed by atoms with Crippen LogP contribution in [0.25, 0.3) is 11.1 Å². The SMILES string of the molecule is Cc1ccc(C(=O)NC2CCN(C(=O)OCC3c4ccccc4-c4ccccc43)CC2)cc1. The van der Waals surface area contributed by atoms with Gasteiger partial charge in [0.1, 0.15) is 6.61 Å². The molecule has 33 heavy (non-hydrogen) atoms. The highest BCUT2D eigenvalue weighted by Gasteiger charge is 2.30. The molecular weight excluding hydrogens is 412 g/mol. The Bertz CT molecular complexity index is 1120. The molecule has 1 heterocycles. The maximum atomic E-state index is 12.8. The quantitative estimate of drug-likeness (QED) is 0.611. The molecule has 168 valence electrons. The first-order chi connectivity index (χ1) is 16.1. The van der Waals surface area contributed by atoms with Crippen LogP contribution in [-0.2, 0) is 4.74 Å². The first-order valence-electron chi connectivity index (χ1n) is 11.6. The zero-order chi connectivity index (χ0) is 22.8. The van der Waals surface area contributed by atoms with Gasteiger partial charge < -0.3 is 15.0 Å². The fraction of sp³-hybridized carbons (Fsp3) is 0.286. The van der Waals surface area contributed by atoms with Crippen LogP contribution in [0.3, 0.4) is 0 Å². The number of nitrogens with zero attached hydrogens (tertiary/aromatic N) is 1. The Balaban J connectivity index is 1.15. The summed E-state index contributed by atoms with van der Waals surface area (Å²) in [5.74, 6) is 0.00211. The number of nitrogens with one attached hydrogen (secondary N) is 1. The van der Waals surface area contributed by atoms with Gasteiger partial charge in [-0.3, -0.25) is 4.79 Å². The maximum Gasteiger partial charge on any atom is 0.409 e. The number of likely N-dealkylation sites (tertiary alicyclic amines) is 1. The maximum absolute atomic E-state index is 12.8. The summed E-state index contributed by atoms with van der Waals surface area (Å²) in [6.45, 7) is 3.49. The van der Waals surface area contributed by atoms with E-state index in [1.165, 1.54) is 22.3 Å². The second kappa shape index (κ2) is 9.10. The minimum atomic E-state index is -0.278. The summed E-state index contributed by atoms with van der Waals surface area (Å²) in [5, 5.41) is 3.10. The number of amides is 2. The summed E-state index contributed by atoms with van der Waals surface area (Å²) >= 11 is 0. The second-order valence-corrected chi connectivity index (χ2v) is 8.90. The normalized spacial score (nSPS) is 15.6. The van der Waals surface area contributed by atoms with Gasteiger partial charge >= 0.3 is 6.09 Å². The smallest absolute Gasteiger partial charge is 0.409 e. The van der Waals surface area contributed by atoms with Gasteiger partial charge in [0.15, 0.2) is 0 Å². The number of hydrogen-bond acceptors (Lipinski definition) is 3. The average molecular weight is 441 g/mol. The molecule has 1 saturated heterocycles. The van der Waals surface area contributed by atoms with Gasteiger partial charge in [-0.1, -0.05) is 66.2 Å². The van der Waals surface area contributed by atoms with Crippen molar-refractivity contribution in [3.63, 3.8) is 0 Å². The van der Waals surface area contributed by atoms with E-state index in [0.29, 0.717) is 25.3 Å². The number of rotatable bonds is 4. The van der Waals surface area contributed by atoms with Gasteiger partial charge in [0, 0.05) is 30.6 Å². The Morgan fingerprint density at radius 2 is 1.45 bits per heavy atom. The number of carbonyl (C=O) groups excluding carboxylic acids is 2. The molecule has 1 fully saturated rings. The summed E-state index contributed by atoms with van der Waals surface area (Å²) in [5.41, 5.74) is 6.66. The third-order valence-electron chi connectivity index (χ3n) is 6.74. The van der Waals surface area contributed by atoms with Crippen molar-refractivity contribution < 1.29 is 14.3 Å². The predicted octanol–water partition coefficient (Wildman–Crippen LogP) is 5.14. The standard InChI is InChI=1S/C28H28N2O3/c1-19-10-12-20(13-11-19)27(31)29-21-14-16-30(17-15-21)28(32)33-18-26-24-8-4-2-6-22(24)23-7-3-5-9-25(23)26/h2-13,21,26H,14-18H2,1H3,(H,29,31). The molecule has 0 unspecified atom stereocenters. The van der Waals surface area contributed by atoms with Gasteiger partial charge in [-0.2, -0.15) is 0 Å². The number of fused-ring (bicyclic) bond motifs is 3. The molecule has 3 aromatic rings. The highest BCUT2D eigenvalue weighted by molar-refractivity contribution is 5.94. The number of hydrogen-bond donors (Lipinski definition) is 1. The Kier molecular flexibility index (Phi) is 5.86. The van der Waals surface area contributed by atoms with Gasteiger partial charge in [-0.05, 0) is 54.2 Å². The van der Waals surface area contributed by atoms with E-state index in [2.05, 4.69) is 29.6 Å². The number of ether oxygens (including phenoxy) is 1. The largest absolute Gasteiger partial charge is 0.448 e. The lowest BCUT2D eigenvalue weighted by atomic mass is 9.98. The lowest BCUT2D eigenvalue weighted by molar-refractivity contribution is 0.0830. The number of aryl methyl sites for hydroxylation is 1. The van der Waals surface area contributed by atoms with Gasteiger partial charge in [0.05, 0.1) is 0 Å². The first kappa shape index (κ1) is 21.3. The van der Waals surface area contributed by atoms with Crippen molar-refractivity contribution >= 4 is 12.0 Å². The molecule has 5 rings (SSSR count). The molecular formula is C28H28N2O3. The summed E-state index contributed by atoms with van der Waals surface area (Å²) in [6, 6.07) is 24.3. The molecule has 0 radical (unpaired) electrons. The lowest BCUT2D eigenvalue weighted by Crippen LogP contribution is -2.46. The molecule has 5 nitrogen and oxygen atoms in total. The predicted molar refractivity (Wildman–Crippen MR) is 128 cm³/mol. The minimum Gasteiger partial charge on any atom is -0.448 e. The summed E-state index contributed by atoms with van der Waals surface area (Å²) < 4.78 is 5.78. The highest BCUT2D eigenvalue weighted by Crippen LogP contribution is 2.44. The van der Waals surface area contributed by atoms with E-state index in [4.69, 9.17) is 4.74 Å². The van der Waals surface area contributed by atoms with E-state index in [-0.39, 0.29) is 24.0 Å². The van der Waals surface area contributed by atoms with Gasteiger partial charge in [-0.25, -0.2) is 4.79 Å². The Morgan fingerprint density at radius 1 is 0.879 bits per heavy atom. The van der Waals surface area contributed by atoms with Crippen LogP contribution in [0.5, 0.6) is 0 Å². The summed E-state index contributed by atoms with van der Waals surface area (Å²) in [4.78, 5) is 27.0. The Hall–Kier alpha value is -3.60. The summed E-state index contributed by atoms with van der Waals surface area (Å²) in [6.07, 6.45) is 1.17. The molecule has 3 aromatic carbocycles. The van der Waals surface area contributed by atoms with Gasteiger partial charge in [-0.15, -0.1) is 0 Å². The fourth-order valence-electron chi connectivity index (χ4n) is 4.87. The lowest BCUT2D eigenvalue weighted by Gasteiger charge is -2.32. The minimum absolute atomic E-state index is 0.0606. The van der Waals surface area contributed by atoms with Crippen molar-refractivity contribution in [2.75, 3.05) is 19.7 Å². The second-order valence-electron chi connectivity index (χ2n) is 8.90. The molecule has 5 heteroatoms. The van der Waals surface area contributed by atoms with Crippen LogP contribution in [0.2, 0.25) is 0 Å². The molecule has 1 N–H and O–H groups in total. The van der Waals surface area contributed by atoms with Crippen LogP contribution in [0.15, 0.2) is 72.8 Å². The van der Waals surface area contributed by atoms with Crippen molar-refractivity contribution in [3.8, 4) is 11.1 Å². The summed E-state index contributed by atoms with van der Waals surface area (Å²) in [7, 11) is 0. The molecule has 1 aliphatic carbocycles. The van der Waals surface area contributed by atoms with Crippen LogP contribution in [0.1, 0.15) is 45.8 Å². The van der Waals surface area contributed by atoms with Crippen molar-refractivity contribution in [2.24, 2.45) is 0 Å². The van der Waals surface area contributed by atoms with Crippen LogP contribution < -0.4 is 5.32 Å². The zero-order valence-electron chi connectivity index (χ0n) is 18.8. The van der Waals surface area contributed by atoms with Crippen molar-refractivity contribution in [1.82, 2.24) is 10.2 Å². The molecule has 1 aliphatic heterocycles. The molecule has 0 spiro atoms. The van der Waals surface area contributed by atoms with E-state index in [1.807, 2.05) is 55.5 Å². The van der Waals surface area contributed by atoms with E-state index >= 15 is 0 Å². The third kappa shape index (κ3) is 4.36. The van der Waals surface area contributed by atoms with Crippen molar-refractivity contribution in [2.45, 2.75) is 31.7 Å². The third-order valence-corrected chi connectivity index (χ3v) is 6.74. The van der Waals surface area contributed by atoms with Gasteiger partial charge in [0.25, 0.3) is 5.91 Å². The molecule has 2 aliphatic rings. The topological polar surface area (TPSA) is 58.6 Å². The molecule has 0 bridgehead atoms. The molecule has 2 amide bonds. The van der Waals surface area contributed by atoms with Crippen LogP contribution in [0, 0.1) is 6.92 Å². The first-order valence-corrected chi connectivity index (χ1v) is 11.6. The molecule has 0 saturated carbocycles. The molecule has 0 aromatic heterocycles.